The molecule has 2 aromatic rings. The fourth-order valence-electron chi connectivity index (χ4n) is 2.17. The Morgan fingerprint density at radius 2 is 1.84 bits per heavy atom. The van der Waals surface area contributed by atoms with E-state index in [1.807, 2.05) is 25.2 Å². The summed E-state index contributed by atoms with van der Waals surface area (Å²) in [7, 11) is 1.85. The topological polar surface area (TPSA) is 41.1 Å². The molecule has 98 valence electrons. The van der Waals surface area contributed by atoms with E-state index in [1.54, 1.807) is 0 Å². The van der Waals surface area contributed by atoms with Crippen molar-refractivity contribution in [3.05, 3.63) is 47.5 Å². The third-order valence-corrected chi connectivity index (χ3v) is 3.42. The first-order valence-corrected chi connectivity index (χ1v) is 6.26. The third-order valence-electron chi connectivity index (χ3n) is 3.42. The summed E-state index contributed by atoms with van der Waals surface area (Å²) in [5.74, 6) is 0. The number of nitrogens with one attached hydrogen (secondary N) is 2. The summed E-state index contributed by atoms with van der Waals surface area (Å²) in [5, 5.41) is 5.79. The minimum atomic E-state index is 0.688. The molecular weight excluding hydrogens is 236 g/mol. The molecule has 0 aliphatic carbocycles. The molecule has 1 amide bonds. The molecule has 19 heavy (non-hydrogen) atoms. The van der Waals surface area contributed by atoms with Crippen molar-refractivity contribution >= 4 is 17.8 Å². The van der Waals surface area contributed by atoms with Crippen LogP contribution in [0.15, 0.2) is 36.4 Å². The highest BCUT2D eigenvalue weighted by molar-refractivity contribution is 5.84. The monoisotopic (exact) mass is 254 g/mol. The Hall–Kier alpha value is -2.29. The van der Waals surface area contributed by atoms with E-state index >= 15 is 0 Å². The Balaban J connectivity index is 2.51. The summed E-state index contributed by atoms with van der Waals surface area (Å²) in [6, 6.07) is 12.3. The molecule has 2 N–H and O–H groups in total. The standard InChI is InChI=1S/C16H18N2O/c1-11-5-4-6-14(12(11)2)13-7-8-15(18-10-19)16(9-13)17-3/h4-10,17H,1-3H3,(H,18,19). The van der Waals surface area contributed by atoms with Crippen molar-refractivity contribution in [2.24, 2.45) is 0 Å². The van der Waals surface area contributed by atoms with Crippen LogP contribution in [0.25, 0.3) is 11.1 Å². The predicted octanol–water partition coefficient (Wildman–Crippen LogP) is 3.58. The average Bonchev–Trinajstić information content (AvgIpc) is 2.43. The van der Waals surface area contributed by atoms with Crippen LogP contribution in [0.5, 0.6) is 0 Å². The van der Waals surface area contributed by atoms with Gasteiger partial charge in [-0.05, 0) is 48.2 Å². The highest BCUT2D eigenvalue weighted by atomic mass is 16.1. The minimum absolute atomic E-state index is 0.688. The predicted molar refractivity (Wildman–Crippen MR) is 80.6 cm³/mol. The second-order valence-electron chi connectivity index (χ2n) is 4.52. The van der Waals surface area contributed by atoms with Crippen LogP contribution in [0.3, 0.4) is 0 Å². The molecule has 2 rings (SSSR count). The van der Waals surface area contributed by atoms with E-state index in [1.165, 1.54) is 16.7 Å². The van der Waals surface area contributed by atoms with Gasteiger partial charge in [0.05, 0.1) is 11.4 Å². The van der Waals surface area contributed by atoms with E-state index in [2.05, 4.69) is 42.7 Å². The number of carbonyl (C=O) groups excluding carboxylic acids is 1. The van der Waals surface area contributed by atoms with Gasteiger partial charge in [0, 0.05) is 7.05 Å². The minimum Gasteiger partial charge on any atom is -0.386 e. The molecule has 0 radical (unpaired) electrons. The zero-order valence-corrected chi connectivity index (χ0v) is 11.4. The number of aryl methyl sites for hydroxylation is 1. The van der Waals surface area contributed by atoms with E-state index in [0.29, 0.717) is 6.41 Å². The maximum absolute atomic E-state index is 10.6. The SMILES string of the molecule is CNc1cc(-c2cccc(C)c2C)ccc1NC=O. The quantitative estimate of drug-likeness (QED) is 0.819. The lowest BCUT2D eigenvalue weighted by molar-refractivity contribution is -0.105. The van der Waals surface area contributed by atoms with Crippen LogP contribution in [-0.2, 0) is 4.79 Å². The smallest absolute Gasteiger partial charge is 0.211 e. The largest absolute Gasteiger partial charge is 0.386 e. The van der Waals surface area contributed by atoms with Crippen LogP contribution in [0.4, 0.5) is 11.4 Å². The molecule has 0 spiro atoms. The number of benzene rings is 2. The van der Waals surface area contributed by atoms with Gasteiger partial charge in [0.15, 0.2) is 0 Å². The zero-order chi connectivity index (χ0) is 13.8. The van der Waals surface area contributed by atoms with E-state index in [4.69, 9.17) is 0 Å². The Labute approximate surface area is 113 Å². The summed E-state index contributed by atoms with van der Waals surface area (Å²) < 4.78 is 0. The molecule has 0 unspecified atom stereocenters. The number of carbonyl (C=O) groups is 1. The normalized spacial score (nSPS) is 10.1. The Morgan fingerprint density at radius 1 is 1.05 bits per heavy atom. The fourth-order valence-corrected chi connectivity index (χ4v) is 2.17. The summed E-state index contributed by atoms with van der Waals surface area (Å²) >= 11 is 0. The molecular formula is C16H18N2O. The van der Waals surface area contributed by atoms with E-state index < -0.39 is 0 Å². The number of rotatable bonds is 4. The van der Waals surface area contributed by atoms with E-state index in [9.17, 15) is 4.79 Å². The van der Waals surface area contributed by atoms with Gasteiger partial charge in [0.2, 0.25) is 6.41 Å². The molecule has 0 saturated heterocycles. The first-order chi connectivity index (χ1) is 9.17. The maximum Gasteiger partial charge on any atom is 0.211 e. The lowest BCUT2D eigenvalue weighted by Gasteiger charge is -2.13. The summed E-state index contributed by atoms with van der Waals surface area (Å²) in [6.45, 7) is 4.24. The number of hydrogen-bond acceptors (Lipinski definition) is 2. The first-order valence-electron chi connectivity index (χ1n) is 6.26. The number of anilines is 2. The van der Waals surface area contributed by atoms with Gasteiger partial charge in [0.1, 0.15) is 0 Å². The van der Waals surface area contributed by atoms with Crippen LogP contribution < -0.4 is 10.6 Å². The summed E-state index contributed by atoms with van der Waals surface area (Å²) in [4.78, 5) is 10.6. The Morgan fingerprint density at radius 3 is 2.53 bits per heavy atom. The van der Waals surface area contributed by atoms with Gasteiger partial charge >= 0.3 is 0 Å². The molecule has 0 heterocycles. The van der Waals surface area contributed by atoms with Crippen molar-refractivity contribution in [2.45, 2.75) is 13.8 Å². The molecule has 3 heteroatoms. The van der Waals surface area contributed by atoms with Gasteiger partial charge in [-0.25, -0.2) is 0 Å². The van der Waals surface area contributed by atoms with Crippen LogP contribution >= 0.6 is 0 Å². The van der Waals surface area contributed by atoms with Crippen molar-refractivity contribution in [2.75, 3.05) is 17.7 Å². The third kappa shape index (κ3) is 2.60. The highest BCUT2D eigenvalue weighted by Gasteiger charge is 2.07. The summed E-state index contributed by atoms with van der Waals surface area (Å²) in [6.07, 6.45) is 0.688. The van der Waals surface area contributed by atoms with Crippen LogP contribution in [-0.4, -0.2) is 13.5 Å². The van der Waals surface area contributed by atoms with E-state index in [0.717, 1.165) is 16.9 Å². The van der Waals surface area contributed by atoms with Gasteiger partial charge < -0.3 is 10.6 Å². The van der Waals surface area contributed by atoms with Crippen LogP contribution in [0, 0.1) is 13.8 Å². The van der Waals surface area contributed by atoms with Crippen molar-refractivity contribution in [1.29, 1.82) is 0 Å². The van der Waals surface area contributed by atoms with Gasteiger partial charge in [-0.3, -0.25) is 4.79 Å². The average molecular weight is 254 g/mol. The van der Waals surface area contributed by atoms with Gasteiger partial charge in [0.25, 0.3) is 0 Å². The van der Waals surface area contributed by atoms with Gasteiger partial charge in [-0.1, -0.05) is 24.3 Å². The van der Waals surface area contributed by atoms with Crippen molar-refractivity contribution in [1.82, 2.24) is 0 Å². The van der Waals surface area contributed by atoms with Crippen molar-refractivity contribution in [3.63, 3.8) is 0 Å². The van der Waals surface area contributed by atoms with Gasteiger partial charge in [-0.15, -0.1) is 0 Å². The molecule has 0 atom stereocenters. The molecule has 0 aromatic heterocycles. The molecule has 0 aliphatic rings. The molecule has 2 aromatic carbocycles. The number of amides is 1. The fraction of sp³-hybridized carbons (Fsp3) is 0.188. The zero-order valence-electron chi connectivity index (χ0n) is 11.4. The lowest BCUT2D eigenvalue weighted by Crippen LogP contribution is -2.00. The summed E-state index contributed by atoms with van der Waals surface area (Å²) in [5.41, 5.74) is 6.60. The number of hydrogen-bond donors (Lipinski definition) is 2. The van der Waals surface area contributed by atoms with Gasteiger partial charge in [-0.2, -0.15) is 0 Å². The second-order valence-corrected chi connectivity index (χ2v) is 4.52. The van der Waals surface area contributed by atoms with E-state index in [-0.39, 0.29) is 0 Å². The molecule has 0 bridgehead atoms. The molecule has 0 aliphatic heterocycles. The van der Waals surface area contributed by atoms with Crippen LogP contribution in [0.2, 0.25) is 0 Å². The molecule has 0 fully saturated rings. The maximum atomic E-state index is 10.6. The first kappa shape index (κ1) is 13.1. The molecule has 3 nitrogen and oxygen atoms in total. The lowest BCUT2D eigenvalue weighted by atomic mass is 9.96. The Kier molecular flexibility index (Phi) is 3.85. The second kappa shape index (κ2) is 5.57. The van der Waals surface area contributed by atoms with Crippen molar-refractivity contribution in [3.8, 4) is 11.1 Å². The Bertz CT molecular complexity index is 606. The van der Waals surface area contributed by atoms with Crippen LogP contribution in [0.1, 0.15) is 11.1 Å². The van der Waals surface area contributed by atoms with Crippen molar-refractivity contribution < 1.29 is 4.79 Å². The highest BCUT2D eigenvalue weighted by Crippen LogP contribution is 2.31. The molecule has 0 saturated carbocycles.